The van der Waals surface area contributed by atoms with E-state index in [9.17, 15) is 4.39 Å². The molecule has 0 saturated heterocycles. The van der Waals surface area contributed by atoms with Gasteiger partial charge in [0, 0.05) is 18.7 Å². The van der Waals surface area contributed by atoms with E-state index in [-0.39, 0.29) is 5.82 Å². The molecule has 0 bridgehead atoms. The third-order valence-electron chi connectivity index (χ3n) is 2.74. The van der Waals surface area contributed by atoms with E-state index in [4.69, 9.17) is 4.74 Å². The summed E-state index contributed by atoms with van der Waals surface area (Å²) in [5, 5.41) is 3.18. The number of halogens is 1. The molecule has 1 aromatic heterocycles. The molecule has 2 aromatic rings. The molecule has 1 N–H and O–H groups in total. The van der Waals surface area contributed by atoms with Gasteiger partial charge < -0.3 is 10.1 Å². The third-order valence-corrected chi connectivity index (χ3v) is 2.74. The lowest BCUT2D eigenvalue weighted by atomic mass is 10.2. The number of nitrogens with one attached hydrogen (secondary N) is 1. The molecule has 0 atom stereocenters. The number of hydrogen-bond donors (Lipinski definition) is 1. The van der Waals surface area contributed by atoms with E-state index in [1.807, 2.05) is 0 Å². The smallest absolute Gasteiger partial charge is 0.224 e. The zero-order valence-electron chi connectivity index (χ0n) is 11.9. The lowest BCUT2D eigenvalue weighted by Crippen LogP contribution is -2.04. The van der Waals surface area contributed by atoms with Gasteiger partial charge in [-0.05, 0) is 31.9 Å². The highest BCUT2D eigenvalue weighted by Gasteiger charge is 2.06. The van der Waals surface area contributed by atoms with Gasteiger partial charge in [0.2, 0.25) is 5.88 Å². The van der Waals surface area contributed by atoms with E-state index in [0.717, 1.165) is 13.0 Å². The van der Waals surface area contributed by atoms with Crippen molar-refractivity contribution in [2.45, 2.75) is 27.2 Å². The summed E-state index contributed by atoms with van der Waals surface area (Å²) in [6, 6.07) is 6.45. The topological polar surface area (TPSA) is 47.0 Å². The first-order chi connectivity index (χ1) is 9.58. The van der Waals surface area contributed by atoms with Gasteiger partial charge >= 0.3 is 0 Å². The van der Waals surface area contributed by atoms with Crippen LogP contribution in [0.5, 0.6) is 11.6 Å². The summed E-state index contributed by atoms with van der Waals surface area (Å²) in [5.74, 6) is 1.85. The van der Waals surface area contributed by atoms with E-state index in [2.05, 4.69) is 22.2 Å². The summed E-state index contributed by atoms with van der Waals surface area (Å²) >= 11 is 0. The van der Waals surface area contributed by atoms with Crippen LogP contribution in [0.3, 0.4) is 0 Å². The molecule has 0 aliphatic rings. The van der Waals surface area contributed by atoms with Gasteiger partial charge in [-0.25, -0.2) is 9.37 Å². The van der Waals surface area contributed by atoms with Crippen LogP contribution in [-0.2, 0) is 0 Å². The standard InChI is InChI=1S/C15H18FN3O/c1-4-7-17-14-9-15(19-11(3)18-14)20-12-6-5-10(2)13(16)8-12/h5-6,8-9H,4,7H2,1-3H3,(H,17,18,19). The Balaban J connectivity index is 2.19. The summed E-state index contributed by atoms with van der Waals surface area (Å²) in [7, 11) is 0. The number of hydrogen-bond acceptors (Lipinski definition) is 4. The Morgan fingerprint density at radius 1 is 1.20 bits per heavy atom. The largest absolute Gasteiger partial charge is 0.439 e. The lowest BCUT2D eigenvalue weighted by molar-refractivity contribution is 0.455. The highest BCUT2D eigenvalue weighted by molar-refractivity contribution is 5.40. The Hall–Kier alpha value is -2.17. The van der Waals surface area contributed by atoms with E-state index in [1.54, 1.807) is 32.0 Å². The number of aryl methyl sites for hydroxylation is 2. The van der Waals surface area contributed by atoms with Crippen molar-refractivity contribution in [2.75, 3.05) is 11.9 Å². The maximum Gasteiger partial charge on any atom is 0.224 e. The summed E-state index contributed by atoms with van der Waals surface area (Å²) in [4.78, 5) is 8.46. The second-order valence-electron chi connectivity index (χ2n) is 4.58. The van der Waals surface area contributed by atoms with Gasteiger partial charge in [0.25, 0.3) is 0 Å². The number of aromatic nitrogens is 2. The highest BCUT2D eigenvalue weighted by Crippen LogP contribution is 2.23. The highest BCUT2D eigenvalue weighted by atomic mass is 19.1. The van der Waals surface area contributed by atoms with Crippen molar-refractivity contribution >= 4 is 5.82 Å². The van der Waals surface area contributed by atoms with Crippen LogP contribution in [-0.4, -0.2) is 16.5 Å². The molecule has 2 rings (SSSR count). The van der Waals surface area contributed by atoms with Crippen LogP contribution >= 0.6 is 0 Å². The maximum absolute atomic E-state index is 13.5. The predicted octanol–water partition coefficient (Wildman–Crippen LogP) is 3.85. The van der Waals surface area contributed by atoms with Crippen molar-refractivity contribution in [1.29, 1.82) is 0 Å². The van der Waals surface area contributed by atoms with E-state index in [0.29, 0.717) is 28.8 Å². The predicted molar refractivity (Wildman–Crippen MR) is 76.8 cm³/mol. The molecule has 1 heterocycles. The van der Waals surface area contributed by atoms with Crippen LogP contribution in [0.2, 0.25) is 0 Å². The van der Waals surface area contributed by atoms with Crippen molar-refractivity contribution < 1.29 is 9.13 Å². The van der Waals surface area contributed by atoms with Crippen LogP contribution in [0, 0.1) is 19.7 Å². The molecule has 0 aliphatic heterocycles. The second kappa shape index (κ2) is 6.32. The first-order valence-corrected chi connectivity index (χ1v) is 6.62. The Bertz CT molecular complexity index is 602. The summed E-state index contributed by atoms with van der Waals surface area (Å²) in [6.07, 6.45) is 1.00. The number of anilines is 1. The Morgan fingerprint density at radius 2 is 2.00 bits per heavy atom. The molecule has 106 valence electrons. The molecule has 0 fully saturated rings. The van der Waals surface area contributed by atoms with Crippen LogP contribution in [0.1, 0.15) is 24.7 Å². The number of rotatable bonds is 5. The third kappa shape index (κ3) is 3.66. The van der Waals surface area contributed by atoms with Crippen LogP contribution < -0.4 is 10.1 Å². The first-order valence-electron chi connectivity index (χ1n) is 6.62. The lowest BCUT2D eigenvalue weighted by Gasteiger charge is -2.09. The molecular formula is C15H18FN3O. The molecular weight excluding hydrogens is 257 g/mol. The van der Waals surface area contributed by atoms with Gasteiger partial charge in [0.1, 0.15) is 23.2 Å². The van der Waals surface area contributed by atoms with E-state index < -0.39 is 0 Å². The molecule has 0 saturated carbocycles. The maximum atomic E-state index is 13.5. The molecule has 20 heavy (non-hydrogen) atoms. The summed E-state index contributed by atoms with van der Waals surface area (Å²) in [6.45, 7) is 6.41. The van der Waals surface area contributed by atoms with Crippen LogP contribution in [0.25, 0.3) is 0 Å². The average Bonchev–Trinajstić information content (AvgIpc) is 2.40. The zero-order valence-corrected chi connectivity index (χ0v) is 11.9. The van der Waals surface area contributed by atoms with Crippen molar-refractivity contribution in [2.24, 2.45) is 0 Å². The second-order valence-corrected chi connectivity index (χ2v) is 4.58. The zero-order chi connectivity index (χ0) is 14.5. The SMILES string of the molecule is CCCNc1cc(Oc2ccc(C)c(F)c2)nc(C)n1. The Morgan fingerprint density at radius 3 is 2.70 bits per heavy atom. The fraction of sp³-hybridized carbons (Fsp3) is 0.333. The van der Waals surface area contributed by atoms with Gasteiger partial charge in [-0.2, -0.15) is 4.98 Å². The average molecular weight is 275 g/mol. The molecule has 1 aromatic carbocycles. The van der Waals surface area contributed by atoms with Gasteiger partial charge in [-0.1, -0.05) is 13.0 Å². The number of ether oxygens (including phenoxy) is 1. The van der Waals surface area contributed by atoms with Crippen LogP contribution in [0.15, 0.2) is 24.3 Å². The minimum atomic E-state index is -0.294. The number of benzene rings is 1. The molecule has 0 spiro atoms. The Kier molecular flexibility index (Phi) is 4.50. The fourth-order valence-electron chi connectivity index (χ4n) is 1.69. The Labute approximate surface area is 118 Å². The molecule has 0 radical (unpaired) electrons. The molecule has 0 unspecified atom stereocenters. The van der Waals surface area contributed by atoms with Gasteiger partial charge in [0.05, 0.1) is 0 Å². The summed E-state index contributed by atoms with van der Waals surface area (Å²) in [5.41, 5.74) is 0.585. The van der Waals surface area contributed by atoms with E-state index >= 15 is 0 Å². The van der Waals surface area contributed by atoms with Crippen LogP contribution in [0.4, 0.5) is 10.2 Å². The molecule has 5 heteroatoms. The quantitative estimate of drug-likeness (QED) is 0.900. The van der Waals surface area contributed by atoms with Crippen molar-refractivity contribution in [3.8, 4) is 11.6 Å². The fourth-order valence-corrected chi connectivity index (χ4v) is 1.69. The normalized spacial score (nSPS) is 10.4. The minimum absolute atomic E-state index is 0.294. The van der Waals surface area contributed by atoms with Gasteiger partial charge in [-0.15, -0.1) is 0 Å². The van der Waals surface area contributed by atoms with Crippen molar-refractivity contribution in [3.05, 3.63) is 41.5 Å². The monoisotopic (exact) mass is 275 g/mol. The molecule has 4 nitrogen and oxygen atoms in total. The van der Waals surface area contributed by atoms with Gasteiger partial charge in [0.15, 0.2) is 0 Å². The van der Waals surface area contributed by atoms with E-state index in [1.165, 1.54) is 6.07 Å². The summed E-state index contributed by atoms with van der Waals surface area (Å²) < 4.78 is 19.1. The molecule has 0 aliphatic carbocycles. The molecule has 0 amide bonds. The van der Waals surface area contributed by atoms with Crippen molar-refractivity contribution in [1.82, 2.24) is 9.97 Å². The first kappa shape index (κ1) is 14.2. The minimum Gasteiger partial charge on any atom is -0.439 e. The van der Waals surface area contributed by atoms with Gasteiger partial charge in [-0.3, -0.25) is 0 Å². The van der Waals surface area contributed by atoms with Crippen molar-refractivity contribution in [3.63, 3.8) is 0 Å². The number of nitrogens with zero attached hydrogens (tertiary/aromatic N) is 2.